The molecule has 2 aliphatic carbocycles. The zero-order chi connectivity index (χ0) is 86.1. The van der Waals surface area contributed by atoms with Gasteiger partial charge in [-0.3, -0.25) is 37.5 Å². The van der Waals surface area contributed by atoms with E-state index in [-0.39, 0.29) is 35.7 Å². The molecule has 0 amide bonds. The highest BCUT2D eigenvalue weighted by molar-refractivity contribution is 5.82. The highest BCUT2D eigenvalue weighted by atomic mass is 16.3. The second-order valence-electron chi connectivity index (χ2n) is 33.3. The Balaban J connectivity index is 0.000000122. The summed E-state index contributed by atoms with van der Waals surface area (Å²) in [5, 5.41) is 75.4. The van der Waals surface area contributed by atoms with Crippen LogP contribution in [0.15, 0.2) is 221 Å². The molecular weight excluding hydrogens is 1560 g/mol. The number of β-amino-alcohol motifs (C(OH)–C–C–N with tert-alkyl or cyclic N) is 1. The lowest BCUT2D eigenvalue weighted by atomic mass is 9.86. The lowest BCUT2D eigenvalue weighted by molar-refractivity contribution is 0.0761. The summed E-state index contributed by atoms with van der Waals surface area (Å²) in [6, 6.07) is 32.7. The summed E-state index contributed by atoms with van der Waals surface area (Å²) in [5.74, 6) is 6.23. The standard InChI is InChI=1S/2C25H29N7O.C22H25N7.C21H21N7O/c2*1-31-15-20(12-28-31)17-7-5-8-18(10-17)24-27-14-22(21-13-29-32(2)16-21)25(30-24)26-11-19-6-3-4-9-23(19)33;1-22(2,3)27-21-19(18-11-25-29(5)14-18)12-23-20(26-21)16-8-6-7-15(9-16)17-10-24-28(4)13-17;1-26-10-16(7-23-26)14-4-3-5-15(6-14)20-22-9-19(17-8-24-27(2)11-17)21(25-20)28-12-18(29)13-28/h2*5,7-8,10,12-16,19,23,33H,3-4,6,9,11H2,1-2H3,(H,26,27,30);6-14H,1-5H3,(H,23,26,27);3-11,18,29H,12-13H2,1-2H3/t19-,23+;19-,23-;;/m01../s1. The van der Waals surface area contributed by atoms with Gasteiger partial charge in [-0.2, -0.15) is 40.8 Å². The molecule has 3 fully saturated rings. The van der Waals surface area contributed by atoms with Gasteiger partial charge in [0.25, 0.3) is 0 Å². The SMILES string of the molecule is Cn1cc(-c2cccc(-c3ncc(-c4cnn(C)c4)c(N4CC(O)C4)n3)c2)cn1.Cn1cc(-c2cccc(-c3ncc(-c4cnn(C)c4)c(NC(C)(C)C)n3)c2)cn1.Cn1cc(-c2cccc(-c3ncc(-c4cnn(C)c4)c(NC[C@@H]4CCCC[C@H]4O)n3)c2)cn1.Cn1cc(-c2cccc(-c3ncc(-c4cnn(C)c4)c(NC[C@H]4CCCC[C@H]4O)n3)c2)cn1. The molecule has 0 bridgehead atoms. The Morgan fingerprint density at radius 1 is 0.315 bits per heavy atom. The molecule has 31 nitrogen and oxygen atoms in total. The predicted octanol–water partition coefficient (Wildman–Crippen LogP) is 14.1. The fourth-order valence-electron chi connectivity index (χ4n) is 15.7. The topological polar surface area (TPSA) is 346 Å². The molecule has 12 aromatic heterocycles. The van der Waals surface area contributed by atoms with Crippen molar-refractivity contribution in [2.75, 3.05) is 47.0 Å². The van der Waals surface area contributed by atoms with Gasteiger partial charge in [-0.15, -0.1) is 0 Å². The molecule has 3 aliphatic rings. The van der Waals surface area contributed by atoms with E-state index in [4.69, 9.17) is 19.9 Å². The van der Waals surface area contributed by atoms with E-state index in [0.29, 0.717) is 49.5 Å². The lowest BCUT2D eigenvalue weighted by Crippen LogP contribution is -2.51. The van der Waals surface area contributed by atoms with Crippen LogP contribution >= 0.6 is 0 Å². The number of aromatic nitrogens is 24. The number of nitrogens with zero attached hydrogens (tertiary/aromatic N) is 25. The van der Waals surface area contributed by atoms with Gasteiger partial charge in [0.2, 0.25) is 0 Å². The molecule has 4 aromatic carbocycles. The van der Waals surface area contributed by atoms with E-state index in [1.54, 1.807) is 43.7 Å². The average molecular weight is 1660 g/mol. The quantitative estimate of drug-likeness (QED) is 0.0413. The second-order valence-corrected chi connectivity index (χ2v) is 33.3. The third kappa shape index (κ3) is 20.3. The van der Waals surface area contributed by atoms with Crippen LogP contribution < -0.4 is 20.9 Å². The molecule has 1 aliphatic heterocycles. The summed E-state index contributed by atoms with van der Waals surface area (Å²) in [5.41, 5.74) is 19.6. The third-order valence-corrected chi connectivity index (χ3v) is 22.3. The molecule has 1 saturated heterocycles. The van der Waals surface area contributed by atoms with E-state index < -0.39 is 0 Å². The van der Waals surface area contributed by atoms with Crippen molar-refractivity contribution in [3.05, 3.63) is 221 Å². The van der Waals surface area contributed by atoms with Crippen LogP contribution in [0, 0.1) is 11.8 Å². The van der Waals surface area contributed by atoms with Crippen LogP contribution in [0.5, 0.6) is 0 Å². The van der Waals surface area contributed by atoms with Gasteiger partial charge in [-0.05, 0) is 93.0 Å². The first-order valence-corrected chi connectivity index (χ1v) is 41.9. The van der Waals surface area contributed by atoms with Gasteiger partial charge in [-0.25, -0.2) is 39.9 Å². The zero-order valence-corrected chi connectivity index (χ0v) is 71.7. The van der Waals surface area contributed by atoms with Crippen LogP contribution in [0.2, 0.25) is 0 Å². The van der Waals surface area contributed by atoms with Gasteiger partial charge in [0, 0.05) is 263 Å². The molecule has 6 N–H and O–H groups in total. The first-order valence-electron chi connectivity index (χ1n) is 41.9. The second kappa shape index (κ2) is 37.1. The molecule has 19 rings (SSSR count). The van der Waals surface area contributed by atoms with Crippen LogP contribution in [0.25, 0.3) is 135 Å². The Kier molecular flexibility index (Phi) is 25.0. The van der Waals surface area contributed by atoms with Gasteiger partial charge in [0.05, 0.1) is 67.9 Å². The lowest BCUT2D eigenvalue weighted by Gasteiger charge is -2.37. The summed E-state index contributed by atoms with van der Waals surface area (Å²) in [6.07, 6.45) is 45.4. The maximum absolute atomic E-state index is 10.4. The molecule has 4 atom stereocenters. The Hall–Kier alpha value is -14.0. The minimum absolute atomic E-state index is 0.139. The van der Waals surface area contributed by atoms with Crippen molar-refractivity contribution in [2.45, 2.75) is 96.0 Å². The number of aliphatic hydroxyl groups excluding tert-OH is 3. The third-order valence-electron chi connectivity index (χ3n) is 22.3. The van der Waals surface area contributed by atoms with Gasteiger partial charge >= 0.3 is 0 Å². The van der Waals surface area contributed by atoms with Crippen molar-refractivity contribution in [1.29, 1.82) is 0 Å². The van der Waals surface area contributed by atoms with Crippen LogP contribution in [0.1, 0.15) is 72.1 Å². The maximum atomic E-state index is 10.4. The highest BCUT2D eigenvalue weighted by Crippen LogP contribution is 2.39. The Bertz CT molecular complexity index is 6130. The van der Waals surface area contributed by atoms with Crippen molar-refractivity contribution in [3.8, 4) is 135 Å². The van der Waals surface area contributed by atoms with E-state index in [0.717, 1.165) is 186 Å². The molecule has 0 unspecified atom stereocenters. The first-order chi connectivity index (χ1) is 60.0. The summed E-state index contributed by atoms with van der Waals surface area (Å²) in [7, 11) is 15.2. The molecule has 124 heavy (non-hydrogen) atoms. The molecule has 13 heterocycles. The number of rotatable bonds is 20. The largest absolute Gasteiger partial charge is 0.393 e. The van der Waals surface area contributed by atoms with Gasteiger partial charge in [-0.1, -0.05) is 98.5 Å². The normalized spacial score (nSPS) is 15.8. The van der Waals surface area contributed by atoms with E-state index in [9.17, 15) is 15.3 Å². The van der Waals surface area contributed by atoms with Gasteiger partial charge < -0.3 is 36.2 Å². The van der Waals surface area contributed by atoms with Crippen LogP contribution in [-0.4, -0.2) is 183 Å². The summed E-state index contributed by atoms with van der Waals surface area (Å²) < 4.78 is 14.3. The summed E-state index contributed by atoms with van der Waals surface area (Å²) in [6.45, 7) is 8.85. The molecule has 0 radical (unpaired) electrons. The van der Waals surface area contributed by atoms with Crippen molar-refractivity contribution in [1.82, 2.24) is 118 Å². The number of aliphatic hydroxyl groups is 3. The molecular formula is C93H104N28O3. The monoisotopic (exact) mass is 1660 g/mol. The fourth-order valence-corrected chi connectivity index (χ4v) is 15.7. The Labute approximate surface area is 719 Å². The Morgan fingerprint density at radius 3 is 0.871 bits per heavy atom. The number of anilines is 4. The smallest absolute Gasteiger partial charge is 0.161 e. The van der Waals surface area contributed by atoms with E-state index in [1.165, 1.54) is 0 Å². The van der Waals surface area contributed by atoms with Crippen molar-refractivity contribution in [2.24, 2.45) is 68.2 Å². The van der Waals surface area contributed by atoms with Crippen molar-refractivity contribution >= 4 is 23.3 Å². The number of benzene rings is 4. The molecule has 0 spiro atoms. The molecule has 31 heteroatoms. The van der Waals surface area contributed by atoms with Crippen molar-refractivity contribution < 1.29 is 15.3 Å². The fraction of sp³-hybridized carbons (Fsp3) is 0.312. The Morgan fingerprint density at radius 2 is 0.581 bits per heavy atom. The highest BCUT2D eigenvalue weighted by Gasteiger charge is 2.31. The summed E-state index contributed by atoms with van der Waals surface area (Å²) >= 11 is 0. The van der Waals surface area contributed by atoms with Crippen molar-refractivity contribution in [3.63, 3.8) is 0 Å². The molecule has 634 valence electrons. The van der Waals surface area contributed by atoms with Crippen LogP contribution in [-0.2, 0) is 56.4 Å². The van der Waals surface area contributed by atoms with E-state index in [1.807, 2.05) is 223 Å². The number of nitrogens with one attached hydrogen (secondary N) is 3. The van der Waals surface area contributed by atoms with Gasteiger partial charge in [0.15, 0.2) is 23.3 Å². The molecule has 2 saturated carbocycles. The van der Waals surface area contributed by atoms with E-state index >= 15 is 0 Å². The number of hydrogen-bond donors (Lipinski definition) is 6. The first kappa shape index (κ1) is 83.6. The average Bonchev–Trinajstić information content (AvgIpc) is 1.19. The van der Waals surface area contributed by atoms with E-state index in [2.05, 4.69) is 151 Å². The molecule has 16 aromatic rings. The summed E-state index contributed by atoms with van der Waals surface area (Å²) in [4.78, 5) is 40.3. The maximum Gasteiger partial charge on any atom is 0.161 e. The minimum Gasteiger partial charge on any atom is -0.393 e. The van der Waals surface area contributed by atoms with Gasteiger partial charge in [0.1, 0.15) is 23.3 Å². The number of aryl methyl sites for hydroxylation is 8. The zero-order valence-electron chi connectivity index (χ0n) is 71.7. The van der Waals surface area contributed by atoms with Crippen LogP contribution in [0.4, 0.5) is 23.3 Å². The predicted molar refractivity (Wildman–Crippen MR) is 482 cm³/mol. The number of hydrogen-bond acceptors (Lipinski definition) is 23. The van der Waals surface area contributed by atoms with Crippen LogP contribution in [0.3, 0.4) is 0 Å². The minimum atomic E-state index is -0.316.